The number of esters is 2. The van der Waals surface area contributed by atoms with E-state index in [1.165, 1.54) is 11.7 Å². The molecule has 10 nitrogen and oxygen atoms in total. The molecule has 1 aliphatic rings. The maximum absolute atomic E-state index is 14.1. The number of methoxy groups -OCH3 is 1. The second-order valence-electron chi connectivity index (χ2n) is 9.05. The second-order valence-corrected chi connectivity index (χ2v) is 10.9. The van der Waals surface area contributed by atoms with E-state index < -0.39 is 23.5 Å². The molecule has 1 atom stereocenters. The average molecular weight is 650 g/mol. The Balaban J connectivity index is 1.94. The van der Waals surface area contributed by atoms with E-state index in [1.807, 2.05) is 6.92 Å². The number of nitrogens with zero attached hydrogens (tertiary/aromatic N) is 2. The Bertz CT molecular complexity index is 1760. The molecule has 0 spiro atoms. The van der Waals surface area contributed by atoms with Gasteiger partial charge < -0.3 is 23.7 Å². The van der Waals surface area contributed by atoms with Gasteiger partial charge in [0.1, 0.15) is 5.75 Å². The van der Waals surface area contributed by atoms with Crippen LogP contribution in [0.1, 0.15) is 44.9 Å². The summed E-state index contributed by atoms with van der Waals surface area (Å²) in [4.78, 5) is 44.0. The topological polar surface area (TPSA) is 115 Å². The number of halogens is 2. The molecule has 1 aromatic heterocycles. The highest BCUT2D eigenvalue weighted by molar-refractivity contribution is 7.07. The number of fused-ring (bicyclic) bond motifs is 1. The fourth-order valence-electron chi connectivity index (χ4n) is 4.51. The third kappa shape index (κ3) is 6.90. The van der Waals surface area contributed by atoms with Gasteiger partial charge in [0.05, 0.1) is 53.8 Å². The van der Waals surface area contributed by atoms with Gasteiger partial charge in [0.15, 0.2) is 22.9 Å². The van der Waals surface area contributed by atoms with Crippen molar-refractivity contribution < 1.29 is 33.3 Å². The van der Waals surface area contributed by atoms with Crippen molar-refractivity contribution in [2.24, 2.45) is 4.99 Å². The van der Waals surface area contributed by atoms with Gasteiger partial charge >= 0.3 is 11.9 Å². The van der Waals surface area contributed by atoms with Crippen molar-refractivity contribution in [3.63, 3.8) is 0 Å². The molecule has 0 saturated heterocycles. The first-order valence-corrected chi connectivity index (χ1v) is 15.0. The summed E-state index contributed by atoms with van der Waals surface area (Å²) >= 11 is 13.8. The van der Waals surface area contributed by atoms with Gasteiger partial charge in [-0.05, 0) is 63.6 Å². The number of allylic oxidation sites excluding steroid dienone is 1. The average Bonchev–Trinajstić information content (AvgIpc) is 3.27. The zero-order valence-corrected chi connectivity index (χ0v) is 26.5. The summed E-state index contributed by atoms with van der Waals surface area (Å²) in [5, 5.41) is 0.688. The minimum atomic E-state index is -0.902. The molecule has 0 bridgehead atoms. The fourth-order valence-corrected chi connectivity index (χ4v) is 6.11. The number of carbonyl (C=O) groups excluding carboxylic acids is 2. The second kappa shape index (κ2) is 14.1. The van der Waals surface area contributed by atoms with Gasteiger partial charge in [-0.25, -0.2) is 14.6 Å². The maximum atomic E-state index is 14.1. The van der Waals surface area contributed by atoms with Crippen LogP contribution in [0.2, 0.25) is 10.0 Å². The minimum Gasteiger partial charge on any atom is -0.492 e. The molecule has 0 saturated carbocycles. The van der Waals surface area contributed by atoms with Crippen molar-refractivity contribution in [2.45, 2.75) is 33.7 Å². The van der Waals surface area contributed by atoms with Crippen LogP contribution < -0.4 is 29.1 Å². The summed E-state index contributed by atoms with van der Waals surface area (Å²) in [6.45, 7) is 7.47. The monoisotopic (exact) mass is 648 g/mol. The Morgan fingerprint density at radius 2 is 1.77 bits per heavy atom. The van der Waals surface area contributed by atoms with Gasteiger partial charge in [-0.2, -0.15) is 0 Å². The summed E-state index contributed by atoms with van der Waals surface area (Å²) in [5.74, 6) is -0.160. The Morgan fingerprint density at radius 3 is 2.44 bits per heavy atom. The van der Waals surface area contributed by atoms with Crippen molar-refractivity contribution >= 4 is 52.6 Å². The third-order valence-corrected chi connectivity index (χ3v) is 7.77. The molecule has 1 aliphatic heterocycles. The van der Waals surface area contributed by atoms with Gasteiger partial charge in [-0.15, -0.1) is 0 Å². The van der Waals surface area contributed by atoms with Crippen molar-refractivity contribution in [2.75, 3.05) is 33.5 Å². The predicted molar refractivity (Wildman–Crippen MR) is 163 cm³/mol. The van der Waals surface area contributed by atoms with Gasteiger partial charge in [-0.1, -0.05) is 40.6 Å². The molecule has 0 unspecified atom stereocenters. The molecule has 2 heterocycles. The molecule has 0 N–H and O–H groups in total. The summed E-state index contributed by atoms with van der Waals surface area (Å²) in [5.41, 5.74) is 1.27. The number of thiazole rings is 1. The molecule has 0 aliphatic carbocycles. The van der Waals surface area contributed by atoms with Crippen LogP contribution in [0.15, 0.2) is 51.4 Å². The number of carbonyl (C=O) groups is 2. The first kappa shape index (κ1) is 32.1. The van der Waals surface area contributed by atoms with Crippen LogP contribution in [0.3, 0.4) is 0 Å². The van der Waals surface area contributed by atoms with E-state index in [-0.39, 0.29) is 18.8 Å². The first-order valence-electron chi connectivity index (χ1n) is 13.4. The number of hydrogen-bond acceptors (Lipinski definition) is 10. The lowest BCUT2D eigenvalue weighted by Gasteiger charge is -2.25. The molecule has 13 heteroatoms. The van der Waals surface area contributed by atoms with E-state index in [0.29, 0.717) is 66.7 Å². The summed E-state index contributed by atoms with van der Waals surface area (Å²) in [6, 6.07) is 7.29. The fraction of sp³-hybridized carbons (Fsp3) is 0.333. The van der Waals surface area contributed by atoms with E-state index >= 15 is 0 Å². The zero-order chi connectivity index (χ0) is 31.3. The van der Waals surface area contributed by atoms with Crippen LogP contribution in [0, 0.1) is 0 Å². The lowest BCUT2D eigenvalue weighted by Crippen LogP contribution is -2.40. The number of aromatic nitrogens is 1. The molecule has 3 aromatic rings. The van der Waals surface area contributed by atoms with Crippen LogP contribution >= 0.6 is 34.5 Å². The van der Waals surface area contributed by atoms with Crippen LogP contribution in [0.5, 0.6) is 17.2 Å². The number of benzene rings is 2. The van der Waals surface area contributed by atoms with Gasteiger partial charge in [0, 0.05) is 10.6 Å². The normalized spacial score (nSPS) is 14.6. The highest BCUT2D eigenvalue weighted by Crippen LogP contribution is 2.37. The molecule has 4 rings (SSSR count). The molecule has 228 valence electrons. The van der Waals surface area contributed by atoms with Crippen molar-refractivity contribution in [1.29, 1.82) is 0 Å². The van der Waals surface area contributed by atoms with Gasteiger partial charge in [-0.3, -0.25) is 9.36 Å². The molecule has 0 radical (unpaired) electrons. The molecular weight excluding hydrogens is 619 g/mol. The number of rotatable bonds is 11. The Kier molecular flexibility index (Phi) is 10.5. The van der Waals surface area contributed by atoms with E-state index in [1.54, 1.807) is 57.2 Å². The van der Waals surface area contributed by atoms with Crippen molar-refractivity contribution in [1.82, 2.24) is 4.57 Å². The van der Waals surface area contributed by atoms with Crippen molar-refractivity contribution in [3.05, 3.63) is 82.5 Å². The zero-order valence-electron chi connectivity index (χ0n) is 24.2. The highest BCUT2D eigenvalue weighted by Gasteiger charge is 2.34. The Labute approximate surface area is 261 Å². The van der Waals surface area contributed by atoms with Crippen LogP contribution in [-0.4, -0.2) is 50.0 Å². The summed E-state index contributed by atoms with van der Waals surface area (Å²) in [7, 11) is 1.26. The lowest BCUT2D eigenvalue weighted by atomic mass is 9.95. The van der Waals surface area contributed by atoms with E-state index in [4.69, 9.17) is 42.1 Å². The standard InChI is InChI=1S/C30H30Cl2N2O8S/c1-6-39-22-12-17(9-10-21(22)42-15-24(35)38-5)26-25(29(37)41-8-3)16(4)33-30-34(26)28(36)23(43-30)13-18-11-19(31)14-20(32)27(18)40-7-2/h9-14,26H,6-8,15H2,1-5H3/b23-13+/t26-/m1/s1. The lowest BCUT2D eigenvalue weighted by molar-refractivity contribution is -0.143. The van der Waals surface area contributed by atoms with Gasteiger partial charge in [0.25, 0.3) is 5.56 Å². The molecule has 0 amide bonds. The molecule has 43 heavy (non-hydrogen) atoms. The Hall–Kier alpha value is -3.80. The summed E-state index contributed by atoms with van der Waals surface area (Å²) in [6.07, 6.45) is 1.64. The minimum absolute atomic E-state index is 0.132. The van der Waals surface area contributed by atoms with E-state index in [9.17, 15) is 14.4 Å². The third-order valence-electron chi connectivity index (χ3n) is 6.29. The quantitative estimate of drug-likeness (QED) is 0.280. The molecular formula is C30H30Cl2N2O8S. The Morgan fingerprint density at radius 1 is 1.02 bits per heavy atom. The van der Waals surface area contributed by atoms with Gasteiger partial charge in [0.2, 0.25) is 0 Å². The predicted octanol–water partition coefficient (Wildman–Crippen LogP) is 4.45. The SMILES string of the molecule is CCOC(=O)C1=C(C)N=c2s/c(=C/c3cc(Cl)cc(Cl)c3OCC)c(=O)n2[C@@H]1c1ccc(OCC(=O)OC)c(OCC)c1. The van der Waals surface area contributed by atoms with E-state index in [0.717, 1.165) is 11.3 Å². The van der Waals surface area contributed by atoms with E-state index in [2.05, 4.69) is 9.73 Å². The van der Waals surface area contributed by atoms with Crippen molar-refractivity contribution in [3.8, 4) is 17.2 Å². The van der Waals surface area contributed by atoms with Crippen LogP contribution in [0.4, 0.5) is 0 Å². The largest absolute Gasteiger partial charge is 0.492 e. The molecule has 2 aromatic carbocycles. The number of hydrogen-bond donors (Lipinski definition) is 0. The smallest absolute Gasteiger partial charge is 0.343 e. The first-order chi connectivity index (χ1) is 20.6. The highest BCUT2D eigenvalue weighted by atomic mass is 35.5. The number of ether oxygens (including phenoxy) is 5. The maximum Gasteiger partial charge on any atom is 0.343 e. The van der Waals surface area contributed by atoms with Crippen LogP contribution in [-0.2, 0) is 19.1 Å². The summed E-state index contributed by atoms with van der Waals surface area (Å²) < 4.78 is 29.0. The molecule has 0 fully saturated rings. The van der Waals surface area contributed by atoms with Crippen LogP contribution in [0.25, 0.3) is 6.08 Å².